The molecule has 0 saturated carbocycles. The van der Waals surface area contributed by atoms with E-state index in [2.05, 4.69) is 10.1 Å². The molecule has 0 N–H and O–H groups in total. The molecule has 0 bridgehead atoms. The summed E-state index contributed by atoms with van der Waals surface area (Å²) in [4.78, 5) is 3.95. The van der Waals surface area contributed by atoms with Crippen LogP contribution in [-0.4, -0.2) is 10.1 Å². The summed E-state index contributed by atoms with van der Waals surface area (Å²) in [7, 11) is 0. The molecule has 11 heavy (non-hydrogen) atoms. The van der Waals surface area contributed by atoms with Gasteiger partial charge in [-0.1, -0.05) is 5.16 Å². The minimum Gasteiger partial charge on any atom is -0.444 e. The molecule has 4 heteroatoms. The maximum absolute atomic E-state index is 5.05. The van der Waals surface area contributed by atoms with Crippen molar-refractivity contribution in [3.63, 3.8) is 0 Å². The van der Waals surface area contributed by atoms with Crippen LogP contribution in [0.2, 0.25) is 0 Å². The second-order valence-corrected chi connectivity index (χ2v) is 2.15. The van der Waals surface area contributed by atoms with E-state index >= 15 is 0 Å². The standard InChI is InChI=1S/C7H6N2O2/c1-5-6(4-11-9-5)7-8-2-3-10-7/h2-4H,1H3. The molecule has 56 valence electrons. The van der Waals surface area contributed by atoms with Crippen LogP contribution in [0.15, 0.2) is 27.7 Å². The average Bonchev–Trinajstić information content (AvgIpc) is 2.55. The highest BCUT2D eigenvalue weighted by Crippen LogP contribution is 2.19. The van der Waals surface area contributed by atoms with Gasteiger partial charge in [-0.05, 0) is 6.92 Å². The third-order valence-corrected chi connectivity index (χ3v) is 1.41. The Labute approximate surface area is 62.8 Å². The third-order valence-electron chi connectivity index (χ3n) is 1.41. The zero-order chi connectivity index (χ0) is 7.68. The first kappa shape index (κ1) is 6.15. The molecule has 0 aromatic carbocycles. The molecule has 0 radical (unpaired) electrons. The van der Waals surface area contributed by atoms with Crippen molar-refractivity contribution in [2.45, 2.75) is 6.92 Å². The fourth-order valence-corrected chi connectivity index (χ4v) is 0.854. The van der Waals surface area contributed by atoms with Gasteiger partial charge in [-0.25, -0.2) is 4.98 Å². The number of rotatable bonds is 1. The molecule has 0 aliphatic carbocycles. The topological polar surface area (TPSA) is 52.1 Å². The Kier molecular flexibility index (Phi) is 1.25. The SMILES string of the molecule is Cc1nocc1-c1ncco1. The highest BCUT2D eigenvalue weighted by molar-refractivity contribution is 5.53. The van der Waals surface area contributed by atoms with Gasteiger partial charge >= 0.3 is 0 Å². The van der Waals surface area contributed by atoms with Gasteiger partial charge in [0.15, 0.2) is 0 Å². The van der Waals surface area contributed by atoms with Gasteiger partial charge in [-0.2, -0.15) is 0 Å². The van der Waals surface area contributed by atoms with Gasteiger partial charge in [0.25, 0.3) is 0 Å². The highest BCUT2D eigenvalue weighted by atomic mass is 16.5. The Morgan fingerprint density at radius 3 is 2.91 bits per heavy atom. The van der Waals surface area contributed by atoms with Gasteiger partial charge in [-0.3, -0.25) is 0 Å². The Morgan fingerprint density at radius 2 is 2.36 bits per heavy atom. The van der Waals surface area contributed by atoms with Crippen molar-refractivity contribution >= 4 is 0 Å². The maximum Gasteiger partial charge on any atom is 0.231 e. The lowest BCUT2D eigenvalue weighted by molar-refractivity contribution is 0.415. The zero-order valence-corrected chi connectivity index (χ0v) is 5.94. The zero-order valence-electron chi connectivity index (χ0n) is 5.94. The molecule has 0 amide bonds. The number of aromatic nitrogens is 2. The fourth-order valence-electron chi connectivity index (χ4n) is 0.854. The normalized spacial score (nSPS) is 10.3. The molecule has 0 spiro atoms. The molecule has 0 saturated heterocycles. The Morgan fingerprint density at radius 1 is 1.45 bits per heavy atom. The summed E-state index contributed by atoms with van der Waals surface area (Å²) >= 11 is 0. The first-order chi connectivity index (χ1) is 5.38. The summed E-state index contributed by atoms with van der Waals surface area (Å²) < 4.78 is 9.77. The van der Waals surface area contributed by atoms with E-state index in [9.17, 15) is 0 Å². The van der Waals surface area contributed by atoms with Gasteiger partial charge in [0.2, 0.25) is 5.89 Å². The Bertz CT molecular complexity index is 337. The Hall–Kier alpha value is -1.58. The molecule has 0 aliphatic rings. The predicted molar refractivity (Wildman–Crippen MR) is 36.7 cm³/mol. The fraction of sp³-hybridized carbons (Fsp3) is 0.143. The molecule has 2 rings (SSSR count). The van der Waals surface area contributed by atoms with E-state index in [0.29, 0.717) is 5.89 Å². The van der Waals surface area contributed by atoms with Crippen LogP contribution in [-0.2, 0) is 0 Å². The lowest BCUT2D eigenvalue weighted by Crippen LogP contribution is -1.76. The van der Waals surface area contributed by atoms with Crippen LogP contribution in [0.1, 0.15) is 5.69 Å². The number of oxazole rings is 1. The predicted octanol–water partition coefficient (Wildman–Crippen LogP) is 1.64. The molecule has 0 aliphatic heterocycles. The third kappa shape index (κ3) is 0.920. The van der Waals surface area contributed by atoms with Crippen LogP contribution in [0.25, 0.3) is 11.5 Å². The number of nitrogens with zero attached hydrogens (tertiary/aromatic N) is 2. The smallest absolute Gasteiger partial charge is 0.231 e. The monoisotopic (exact) mass is 150 g/mol. The average molecular weight is 150 g/mol. The first-order valence-electron chi connectivity index (χ1n) is 3.19. The summed E-state index contributed by atoms with van der Waals surface area (Å²) in [5.74, 6) is 0.545. The van der Waals surface area contributed by atoms with E-state index in [0.717, 1.165) is 11.3 Å². The van der Waals surface area contributed by atoms with Crippen molar-refractivity contribution in [3.8, 4) is 11.5 Å². The van der Waals surface area contributed by atoms with E-state index in [1.165, 1.54) is 12.5 Å². The molecule has 2 aromatic heterocycles. The summed E-state index contributed by atoms with van der Waals surface area (Å²) in [5.41, 5.74) is 1.59. The highest BCUT2D eigenvalue weighted by Gasteiger charge is 2.08. The number of aryl methyl sites for hydroxylation is 1. The second-order valence-electron chi connectivity index (χ2n) is 2.15. The molecule has 2 heterocycles. The summed E-state index contributed by atoms with van der Waals surface area (Å²) in [6.07, 6.45) is 4.62. The molecule has 0 fully saturated rings. The Balaban J connectivity index is 2.53. The van der Waals surface area contributed by atoms with Gasteiger partial charge in [0.1, 0.15) is 12.5 Å². The van der Waals surface area contributed by atoms with E-state index in [1.807, 2.05) is 6.92 Å². The van der Waals surface area contributed by atoms with Crippen molar-refractivity contribution < 1.29 is 8.94 Å². The molecular weight excluding hydrogens is 144 g/mol. The van der Waals surface area contributed by atoms with Crippen LogP contribution in [0.4, 0.5) is 0 Å². The van der Waals surface area contributed by atoms with Gasteiger partial charge in [-0.15, -0.1) is 0 Å². The van der Waals surface area contributed by atoms with Crippen molar-refractivity contribution in [1.82, 2.24) is 10.1 Å². The number of hydrogen-bond donors (Lipinski definition) is 0. The van der Waals surface area contributed by atoms with Gasteiger partial charge in [0, 0.05) is 0 Å². The van der Waals surface area contributed by atoms with Crippen LogP contribution in [0.3, 0.4) is 0 Å². The second kappa shape index (κ2) is 2.23. The van der Waals surface area contributed by atoms with Crippen molar-refractivity contribution in [2.75, 3.05) is 0 Å². The van der Waals surface area contributed by atoms with Crippen LogP contribution in [0.5, 0.6) is 0 Å². The van der Waals surface area contributed by atoms with Crippen molar-refractivity contribution in [2.24, 2.45) is 0 Å². The largest absolute Gasteiger partial charge is 0.444 e. The molecule has 4 nitrogen and oxygen atoms in total. The van der Waals surface area contributed by atoms with E-state index in [4.69, 9.17) is 8.94 Å². The lowest BCUT2D eigenvalue weighted by atomic mass is 10.3. The minimum absolute atomic E-state index is 0.545. The molecule has 0 unspecified atom stereocenters. The number of hydrogen-bond acceptors (Lipinski definition) is 4. The summed E-state index contributed by atoms with van der Waals surface area (Å²) in [6, 6.07) is 0. The van der Waals surface area contributed by atoms with Crippen molar-refractivity contribution in [3.05, 3.63) is 24.4 Å². The molecule has 0 atom stereocenters. The summed E-state index contributed by atoms with van der Waals surface area (Å²) in [6.45, 7) is 1.84. The van der Waals surface area contributed by atoms with Crippen LogP contribution >= 0.6 is 0 Å². The molecule has 2 aromatic rings. The van der Waals surface area contributed by atoms with Gasteiger partial charge in [0.05, 0.1) is 17.5 Å². The van der Waals surface area contributed by atoms with Crippen molar-refractivity contribution in [1.29, 1.82) is 0 Å². The lowest BCUT2D eigenvalue weighted by Gasteiger charge is -1.85. The maximum atomic E-state index is 5.05. The quantitative estimate of drug-likeness (QED) is 0.620. The van der Waals surface area contributed by atoms with Crippen LogP contribution in [0, 0.1) is 6.92 Å². The van der Waals surface area contributed by atoms with E-state index in [1.54, 1.807) is 6.20 Å². The first-order valence-corrected chi connectivity index (χ1v) is 3.19. The van der Waals surface area contributed by atoms with E-state index in [-0.39, 0.29) is 0 Å². The van der Waals surface area contributed by atoms with Crippen LogP contribution < -0.4 is 0 Å². The van der Waals surface area contributed by atoms with Gasteiger partial charge < -0.3 is 8.94 Å². The summed E-state index contributed by atoms with van der Waals surface area (Å²) in [5, 5.41) is 3.70. The van der Waals surface area contributed by atoms with E-state index < -0.39 is 0 Å². The molecular formula is C7H6N2O2. The minimum atomic E-state index is 0.545.